The lowest BCUT2D eigenvalue weighted by Gasteiger charge is -2.22. The summed E-state index contributed by atoms with van der Waals surface area (Å²) in [5, 5.41) is 10.3. The van der Waals surface area contributed by atoms with E-state index in [1.807, 2.05) is 0 Å². The predicted octanol–water partition coefficient (Wildman–Crippen LogP) is 1.35. The normalized spacial score (nSPS) is 13.2. The lowest BCUT2D eigenvalue weighted by atomic mass is 10.0. The number of nitrogens with zero attached hydrogens (tertiary/aromatic N) is 2. The molecule has 1 aliphatic heterocycles. The molecular formula is C20H20N2O7. The molecular weight excluding hydrogens is 380 g/mol. The van der Waals surface area contributed by atoms with E-state index in [0.717, 1.165) is 37.7 Å². The first-order chi connectivity index (χ1) is 13.9. The van der Waals surface area contributed by atoms with E-state index in [0.29, 0.717) is 13.1 Å². The van der Waals surface area contributed by atoms with Crippen molar-refractivity contribution in [3.05, 3.63) is 57.5 Å². The minimum Gasteiger partial charge on any atom is -0.506 e. The summed E-state index contributed by atoms with van der Waals surface area (Å²) in [6.45, 7) is 0.883. The van der Waals surface area contributed by atoms with Crippen LogP contribution in [0.2, 0.25) is 0 Å². The summed E-state index contributed by atoms with van der Waals surface area (Å²) in [7, 11) is 2.20. The minimum atomic E-state index is -0.975. The molecule has 1 fully saturated rings. The van der Waals surface area contributed by atoms with E-state index in [9.17, 15) is 24.3 Å². The number of ether oxygens (including phenoxy) is 2. The van der Waals surface area contributed by atoms with Gasteiger partial charge >= 0.3 is 11.9 Å². The highest BCUT2D eigenvalue weighted by Crippen LogP contribution is 2.26. The van der Waals surface area contributed by atoms with Crippen molar-refractivity contribution in [3.8, 4) is 11.4 Å². The SMILES string of the molecule is COC(=O)c1cc(=O)n(-c2ccccc2O)c(C(=O)N2CCCC2)c1C(=O)OC. The Morgan fingerprint density at radius 1 is 1.00 bits per heavy atom. The van der Waals surface area contributed by atoms with Gasteiger partial charge in [-0.3, -0.25) is 14.2 Å². The first-order valence-corrected chi connectivity index (χ1v) is 8.95. The Morgan fingerprint density at radius 3 is 2.21 bits per heavy atom. The van der Waals surface area contributed by atoms with Crippen molar-refractivity contribution < 1.29 is 29.0 Å². The van der Waals surface area contributed by atoms with E-state index in [-0.39, 0.29) is 28.3 Å². The van der Waals surface area contributed by atoms with Gasteiger partial charge in [-0.05, 0) is 25.0 Å². The summed E-state index contributed by atoms with van der Waals surface area (Å²) in [5.41, 5.74) is -1.89. The van der Waals surface area contributed by atoms with Crippen LogP contribution in [0.15, 0.2) is 35.1 Å². The molecule has 0 aliphatic carbocycles. The van der Waals surface area contributed by atoms with Gasteiger partial charge in [0.1, 0.15) is 17.0 Å². The first-order valence-electron chi connectivity index (χ1n) is 8.95. The number of rotatable bonds is 4. The number of pyridine rings is 1. The van der Waals surface area contributed by atoms with E-state index < -0.39 is 23.4 Å². The number of carbonyl (C=O) groups is 3. The van der Waals surface area contributed by atoms with Crippen molar-refractivity contribution in [2.45, 2.75) is 12.8 Å². The summed E-state index contributed by atoms with van der Waals surface area (Å²) in [6, 6.07) is 6.78. The zero-order valence-corrected chi connectivity index (χ0v) is 16.0. The molecule has 0 saturated carbocycles. The van der Waals surface area contributed by atoms with Gasteiger partial charge in [-0.15, -0.1) is 0 Å². The van der Waals surface area contributed by atoms with Crippen molar-refractivity contribution >= 4 is 17.8 Å². The van der Waals surface area contributed by atoms with Gasteiger partial charge < -0.3 is 19.5 Å². The molecule has 1 amide bonds. The second-order valence-corrected chi connectivity index (χ2v) is 6.43. The van der Waals surface area contributed by atoms with Crippen LogP contribution in [0.3, 0.4) is 0 Å². The van der Waals surface area contributed by atoms with Gasteiger partial charge in [-0.25, -0.2) is 9.59 Å². The Labute approximate surface area is 166 Å². The van der Waals surface area contributed by atoms with E-state index >= 15 is 0 Å². The highest BCUT2D eigenvalue weighted by molar-refractivity contribution is 6.11. The standard InChI is InChI=1S/C20H20N2O7/c1-28-19(26)12-11-15(24)22(13-7-3-4-8-14(13)23)17(16(12)20(27)29-2)18(25)21-9-5-6-10-21/h3-4,7-8,11,23H,5-6,9-10H2,1-2H3. The molecule has 1 aromatic carbocycles. The molecule has 0 atom stereocenters. The number of carbonyl (C=O) groups excluding carboxylic acids is 3. The molecule has 1 saturated heterocycles. The maximum atomic E-state index is 13.3. The predicted molar refractivity (Wildman–Crippen MR) is 102 cm³/mol. The number of hydrogen-bond acceptors (Lipinski definition) is 7. The smallest absolute Gasteiger partial charge is 0.341 e. The summed E-state index contributed by atoms with van der Waals surface area (Å²) in [5.74, 6) is -2.82. The highest BCUT2D eigenvalue weighted by Gasteiger charge is 2.34. The number of aromatic nitrogens is 1. The Kier molecular flexibility index (Phi) is 5.67. The summed E-state index contributed by atoms with van der Waals surface area (Å²) in [6.07, 6.45) is 1.55. The van der Waals surface area contributed by atoms with Crippen LogP contribution in [0, 0.1) is 0 Å². The van der Waals surface area contributed by atoms with Crippen LogP contribution in [0.25, 0.3) is 5.69 Å². The monoisotopic (exact) mass is 400 g/mol. The molecule has 152 valence electrons. The van der Waals surface area contributed by atoms with E-state index in [1.165, 1.54) is 17.0 Å². The second-order valence-electron chi connectivity index (χ2n) is 6.43. The maximum Gasteiger partial charge on any atom is 0.341 e. The average molecular weight is 400 g/mol. The molecule has 2 heterocycles. The Balaban J connectivity index is 2.43. The Hall–Kier alpha value is -3.62. The van der Waals surface area contributed by atoms with Crippen LogP contribution >= 0.6 is 0 Å². The van der Waals surface area contributed by atoms with Crippen molar-refractivity contribution in [1.82, 2.24) is 9.47 Å². The molecule has 3 rings (SSSR count). The third-order valence-electron chi connectivity index (χ3n) is 4.73. The maximum absolute atomic E-state index is 13.3. The molecule has 2 aromatic rings. The number of phenolic OH excluding ortho intramolecular Hbond substituents is 1. The number of amides is 1. The fourth-order valence-electron chi connectivity index (χ4n) is 3.35. The van der Waals surface area contributed by atoms with Crippen molar-refractivity contribution in [2.24, 2.45) is 0 Å². The number of benzene rings is 1. The van der Waals surface area contributed by atoms with Crippen LogP contribution in [-0.4, -0.2) is 59.7 Å². The molecule has 0 spiro atoms. The van der Waals surface area contributed by atoms with Crippen LogP contribution in [0.4, 0.5) is 0 Å². The molecule has 0 unspecified atom stereocenters. The molecule has 9 nitrogen and oxygen atoms in total. The van der Waals surface area contributed by atoms with Crippen LogP contribution in [0.5, 0.6) is 5.75 Å². The fourth-order valence-corrected chi connectivity index (χ4v) is 3.35. The van der Waals surface area contributed by atoms with Gasteiger partial charge in [-0.2, -0.15) is 0 Å². The number of aromatic hydroxyl groups is 1. The third-order valence-corrected chi connectivity index (χ3v) is 4.73. The minimum absolute atomic E-state index is 0.00150. The highest BCUT2D eigenvalue weighted by atomic mass is 16.5. The van der Waals surface area contributed by atoms with Gasteiger partial charge in [-0.1, -0.05) is 12.1 Å². The van der Waals surface area contributed by atoms with Crippen molar-refractivity contribution in [2.75, 3.05) is 27.3 Å². The van der Waals surface area contributed by atoms with Gasteiger partial charge in [0.05, 0.1) is 25.5 Å². The molecule has 1 aliphatic rings. The van der Waals surface area contributed by atoms with Gasteiger partial charge in [0, 0.05) is 19.2 Å². The van der Waals surface area contributed by atoms with Crippen LogP contribution < -0.4 is 5.56 Å². The van der Waals surface area contributed by atoms with Crippen LogP contribution in [-0.2, 0) is 9.47 Å². The Bertz CT molecular complexity index is 1040. The van der Waals surface area contributed by atoms with E-state index in [1.54, 1.807) is 12.1 Å². The van der Waals surface area contributed by atoms with Gasteiger partial charge in [0.2, 0.25) is 0 Å². The molecule has 0 bridgehead atoms. The van der Waals surface area contributed by atoms with E-state index in [2.05, 4.69) is 4.74 Å². The average Bonchev–Trinajstić information content (AvgIpc) is 3.27. The number of phenols is 1. The third kappa shape index (κ3) is 3.58. The zero-order valence-electron chi connectivity index (χ0n) is 16.0. The second kappa shape index (κ2) is 8.17. The van der Waals surface area contributed by atoms with Gasteiger partial charge in [0.25, 0.3) is 11.5 Å². The van der Waals surface area contributed by atoms with Crippen molar-refractivity contribution in [1.29, 1.82) is 0 Å². The van der Waals surface area contributed by atoms with Crippen LogP contribution in [0.1, 0.15) is 44.0 Å². The fraction of sp³-hybridized carbons (Fsp3) is 0.300. The lowest BCUT2D eigenvalue weighted by molar-refractivity contribution is 0.0549. The Morgan fingerprint density at radius 2 is 1.62 bits per heavy atom. The molecule has 1 N–H and O–H groups in total. The largest absolute Gasteiger partial charge is 0.506 e. The summed E-state index contributed by atoms with van der Waals surface area (Å²) in [4.78, 5) is 52.6. The number of para-hydroxylation sites is 2. The summed E-state index contributed by atoms with van der Waals surface area (Å²) < 4.78 is 10.4. The summed E-state index contributed by atoms with van der Waals surface area (Å²) >= 11 is 0. The molecule has 9 heteroatoms. The lowest BCUT2D eigenvalue weighted by Crippen LogP contribution is -2.37. The number of likely N-dealkylation sites (tertiary alicyclic amines) is 1. The first kappa shape index (κ1) is 20.1. The quantitative estimate of drug-likeness (QED) is 0.771. The number of hydrogen-bond donors (Lipinski definition) is 1. The molecule has 29 heavy (non-hydrogen) atoms. The van der Waals surface area contributed by atoms with E-state index in [4.69, 9.17) is 4.74 Å². The van der Waals surface area contributed by atoms with Gasteiger partial charge in [0.15, 0.2) is 0 Å². The number of methoxy groups -OCH3 is 2. The zero-order chi connectivity index (χ0) is 21.1. The number of esters is 2. The topological polar surface area (TPSA) is 115 Å². The molecule has 0 radical (unpaired) electrons. The molecule has 1 aromatic heterocycles. The van der Waals surface area contributed by atoms with Crippen molar-refractivity contribution in [3.63, 3.8) is 0 Å².